The molecule has 0 fully saturated rings. The Morgan fingerprint density at radius 2 is 1.97 bits per heavy atom. The SMILES string of the molecule is [2H]c1nc2c(N[C@@H](C)c3cc4cccc(Cl)c4c(=O)n3-c3ccccc3)nc(C)nc2[nH]1. The van der Waals surface area contributed by atoms with Crippen LogP contribution in [0, 0.1) is 6.92 Å². The molecular weight excluding hydrogens is 412 g/mol. The van der Waals surface area contributed by atoms with E-state index in [9.17, 15) is 4.79 Å². The van der Waals surface area contributed by atoms with E-state index in [0.717, 1.165) is 16.8 Å². The van der Waals surface area contributed by atoms with Crippen molar-refractivity contribution >= 4 is 39.4 Å². The van der Waals surface area contributed by atoms with Gasteiger partial charge in [0, 0.05) is 11.4 Å². The fraction of sp³-hybridized carbons (Fsp3) is 0.130. The highest BCUT2D eigenvalue weighted by atomic mass is 35.5. The number of aryl methyl sites for hydroxylation is 1. The number of para-hydroxylation sites is 1. The van der Waals surface area contributed by atoms with Crippen molar-refractivity contribution in [1.29, 1.82) is 0 Å². The highest BCUT2D eigenvalue weighted by Gasteiger charge is 2.19. The van der Waals surface area contributed by atoms with Gasteiger partial charge in [-0.15, -0.1) is 0 Å². The van der Waals surface area contributed by atoms with Gasteiger partial charge in [0.2, 0.25) is 0 Å². The number of rotatable bonds is 4. The third-order valence-corrected chi connectivity index (χ3v) is 5.49. The lowest BCUT2D eigenvalue weighted by molar-refractivity contribution is 0.773. The zero-order valence-corrected chi connectivity index (χ0v) is 17.6. The molecule has 0 aliphatic rings. The van der Waals surface area contributed by atoms with Crippen LogP contribution in [-0.4, -0.2) is 24.5 Å². The standard InChI is InChI=1S/C23H19ClN6O/c1-13(27-22-20-21(26-12-25-20)28-14(2)29-22)18-11-15-7-6-10-17(24)19(15)23(31)30(18)16-8-4-3-5-9-16/h3-13H,1-2H3,(H2,25,26,27,28,29)/t13-/m0/s1/i12D. The maximum atomic E-state index is 13.6. The van der Waals surface area contributed by atoms with Gasteiger partial charge in [-0.2, -0.15) is 0 Å². The van der Waals surface area contributed by atoms with Crippen LogP contribution in [-0.2, 0) is 0 Å². The number of halogens is 1. The Balaban J connectivity index is 1.71. The second-order valence-electron chi connectivity index (χ2n) is 7.28. The zero-order valence-electron chi connectivity index (χ0n) is 17.8. The maximum absolute atomic E-state index is 13.6. The number of aromatic amines is 1. The molecule has 0 spiro atoms. The number of nitrogens with one attached hydrogen (secondary N) is 2. The summed E-state index contributed by atoms with van der Waals surface area (Å²) in [5.41, 5.74) is 2.25. The number of benzene rings is 2. The predicted octanol–water partition coefficient (Wildman–Crippen LogP) is 4.79. The van der Waals surface area contributed by atoms with E-state index in [-0.39, 0.29) is 17.9 Å². The number of nitrogens with zero attached hydrogens (tertiary/aromatic N) is 4. The van der Waals surface area contributed by atoms with Gasteiger partial charge in [0.1, 0.15) is 12.7 Å². The van der Waals surface area contributed by atoms with Crippen LogP contribution in [0.2, 0.25) is 5.02 Å². The number of fused-ring (bicyclic) bond motifs is 2. The fourth-order valence-electron chi connectivity index (χ4n) is 3.78. The summed E-state index contributed by atoms with van der Waals surface area (Å²) in [6.45, 7) is 3.72. The van der Waals surface area contributed by atoms with Gasteiger partial charge in [0.15, 0.2) is 11.5 Å². The molecule has 31 heavy (non-hydrogen) atoms. The minimum Gasteiger partial charge on any atom is -0.360 e. The van der Waals surface area contributed by atoms with Gasteiger partial charge in [0.05, 0.1) is 22.8 Å². The molecule has 0 amide bonds. The van der Waals surface area contributed by atoms with E-state index in [0.29, 0.717) is 33.2 Å². The third-order valence-electron chi connectivity index (χ3n) is 5.17. The van der Waals surface area contributed by atoms with E-state index in [1.54, 1.807) is 17.6 Å². The Morgan fingerprint density at radius 1 is 1.16 bits per heavy atom. The van der Waals surface area contributed by atoms with Crippen molar-refractivity contribution < 1.29 is 1.37 Å². The number of imidazole rings is 1. The average Bonchev–Trinajstić information content (AvgIpc) is 3.14. The lowest BCUT2D eigenvalue weighted by Crippen LogP contribution is -2.26. The minimum atomic E-state index is -0.324. The number of hydrogen-bond acceptors (Lipinski definition) is 5. The maximum Gasteiger partial charge on any atom is 0.264 e. The van der Waals surface area contributed by atoms with Crippen LogP contribution < -0.4 is 10.9 Å². The fourth-order valence-corrected chi connectivity index (χ4v) is 4.04. The van der Waals surface area contributed by atoms with E-state index in [4.69, 9.17) is 13.0 Å². The monoisotopic (exact) mass is 431 g/mol. The molecule has 0 saturated heterocycles. The van der Waals surface area contributed by atoms with Gasteiger partial charge in [-0.05, 0) is 43.5 Å². The van der Waals surface area contributed by atoms with Gasteiger partial charge >= 0.3 is 0 Å². The normalized spacial score (nSPS) is 12.8. The lowest BCUT2D eigenvalue weighted by Gasteiger charge is -2.21. The number of hydrogen-bond donors (Lipinski definition) is 2. The first-order valence-electron chi connectivity index (χ1n) is 10.3. The van der Waals surface area contributed by atoms with Crippen LogP contribution in [0.3, 0.4) is 0 Å². The van der Waals surface area contributed by atoms with Crippen molar-refractivity contribution in [2.45, 2.75) is 19.9 Å². The van der Waals surface area contributed by atoms with Crippen LogP contribution in [0.4, 0.5) is 5.82 Å². The molecular formula is C23H19ClN6O. The Morgan fingerprint density at radius 3 is 2.77 bits per heavy atom. The first kappa shape index (κ1) is 18.1. The zero-order chi connectivity index (χ0) is 22.4. The van der Waals surface area contributed by atoms with E-state index in [1.807, 2.05) is 55.5 Å². The molecule has 0 aliphatic carbocycles. The van der Waals surface area contributed by atoms with Gasteiger partial charge in [-0.25, -0.2) is 15.0 Å². The molecule has 0 bridgehead atoms. The summed E-state index contributed by atoms with van der Waals surface area (Å²) < 4.78 is 9.47. The molecule has 8 heteroatoms. The van der Waals surface area contributed by atoms with Crippen LogP contribution in [0.1, 0.15) is 25.9 Å². The molecule has 3 aromatic heterocycles. The molecule has 0 saturated carbocycles. The number of H-pyrrole nitrogens is 1. The Kier molecular flexibility index (Phi) is 4.39. The number of anilines is 1. The van der Waals surface area contributed by atoms with Crippen molar-refractivity contribution in [2.75, 3.05) is 5.32 Å². The minimum absolute atomic E-state index is 0.0112. The van der Waals surface area contributed by atoms with Crippen molar-refractivity contribution in [3.8, 4) is 5.69 Å². The Hall–Kier alpha value is -3.71. The van der Waals surface area contributed by atoms with E-state index < -0.39 is 0 Å². The summed E-state index contributed by atoms with van der Waals surface area (Å²) in [6.07, 6.45) is 0.0112. The van der Waals surface area contributed by atoms with Crippen molar-refractivity contribution in [1.82, 2.24) is 24.5 Å². The molecule has 1 atom stereocenters. The first-order valence-corrected chi connectivity index (χ1v) is 10.2. The van der Waals surface area contributed by atoms with Gasteiger partial charge < -0.3 is 10.3 Å². The number of aromatic nitrogens is 5. The highest BCUT2D eigenvalue weighted by molar-refractivity contribution is 6.35. The van der Waals surface area contributed by atoms with Gasteiger partial charge in [-0.1, -0.05) is 41.9 Å². The third kappa shape index (κ3) is 3.33. The summed E-state index contributed by atoms with van der Waals surface area (Å²) in [7, 11) is 0. The van der Waals surface area contributed by atoms with Crippen LogP contribution in [0.5, 0.6) is 0 Å². The van der Waals surface area contributed by atoms with E-state index in [2.05, 4.69) is 25.3 Å². The predicted molar refractivity (Wildman–Crippen MR) is 123 cm³/mol. The van der Waals surface area contributed by atoms with Gasteiger partial charge in [0.25, 0.3) is 5.56 Å². The molecule has 2 aromatic carbocycles. The van der Waals surface area contributed by atoms with Crippen LogP contribution in [0.15, 0.2) is 65.7 Å². The van der Waals surface area contributed by atoms with Crippen molar-refractivity contribution in [3.63, 3.8) is 0 Å². The number of pyridine rings is 1. The van der Waals surface area contributed by atoms with Crippen LogP contribution >= 0.6 is 11.6 Å². The van der Waals surface area contributed by atoms with Crippen LogP contribution in [0.25, 0.3) is 27.6 Å². The molecule has 5 aromatic rings. The first-order chi connectivity index (χ1) is 15.4. The Labute approximate surface area is 184 Å². The molecule has 0 aliphatic heterocycles. The molecule has 7 nitrogen and oxygen atoms in total. The topological polar surface area (TPSA) is 88.5 Å². The summed E-state index contributed by atoms with van der Waals surface area (Å²) in [5.74, 6) is 1.04. The second-order valence-corrected chi connectivity index (χ2v) is 7.69. The quantitative estimate of drug-likeness (QED) is 0.427. The van der Waals surface area contributed by atoms with Gasteiger partial charge in [-0.3, -0.25) is 9.36 Å². The molecule has 2 N–H and O–H groups in total. The van der Waals surface area contributed by atoms with E-state index >= 15 is 0 Å². The summed E-state index contributed by atoms with van der Waals surface area (Å²) in [5, 5.41) is 5.01. The molecule has 154 valence electrons. The highest BCUT2D eigenvalue weighted by Crippen LogP contribution is 2.28. The second kappa shape index (κ2) is 7.52. The largest absolute Gasteiger partial charge is 0.360 e. The average molecular weight is 432 g/mol. The summed E-state index contributed by atoms with van der Waals surface area (Å²) >= 11 is 6.39. The summed E-state index contributed by atoms with van der Waals surface area (Å²) in [4.78, 5) is 29.4. The molecule has 0 radical (unpaired) electrons. The molecule has 3 heterocycles. The lowest BCUT2D eigenvalue weighted by atomic mass is 10.1. The summed E-state index contributed by atoms with van der Waals surface area (Å²) in [6, 6.07) is 16.5. The Bertz CT molecular complexity index is 1530. The van der Waals surface area contributed by atoms with E-state index in [1.165, 1.54) is 0 Å². The van der Waals surface area contributed by atoms with Crippen molar-refractivity contribution in [2.24, 2.45) is 0 Å². The molecule has 5 rings (SSSR count). The molecule has 0 unspecified atom stereocenters. The smallest absolute Gasteiger partial charge is 0.264 e. The van der Waals surface area contributed by atoms with Crippen molar-refractivity contribution in [3.05, 3.63) is 87.8 Å².